The molecule has 304 valence electrons. The number of nitrogens with zero attached hydrogens (tertiary/aromatic N) is 6. The molecule has 1 aromatic carbocycles. The van der Waals surface area contributed by atoms with Gasteiger partial charge in [0.25, 0.3) is 11.8 Å². The van der Waals surface area contributed by atoms with Crippen molar-refractivity contribution in [1.82, 2.24) is 35.9 Å². The lowest BCUT2D eigenvalue weighted by atomic mass is 10.0. The molecule has 6 amide bonds. The summed E-state index contributed by atoms with van der Waals surface area (Å²) in [6.45, 7) is 0.629. The number of thioether (sulfide) groups is 1. The monoisotopic (exact) mass is 853 g/mol. The van der Waals surface area contributed by atoms with Crippen LogP contribution in [-0.4, -0.2) is 147 Å². The number of hydrazine groups is 1. The summed E-state index contributed by atoms with van der Waals surface area (Å²) < 4.78 is 0. The van der Waals surface area contributed by atoms with Crippen molar-refractivity contribution in [1.29, 1.82) is 0 Å². The number of rotatable bonds is 14. The highest BCUT2D eigenvalue weighted by Gasteiger charge is 2.66. The van der Waals surface area contributed by atoms with Crippen LogP contribution in [0.5, 0.6) is 11.5 Å². The molecule has 3 aliphatic heterocycles. The molecule has 2 aromatic rings. The van der Waals surface area contributed by atoms with Gasteiger partial charge >= 0.3 is 23.8 Å². The average Bonchev–Trinajstić information content (AvgIpc) is 3.75. The predicted octanol–water partition coefficient (Wildman–Crippen LogP) is -2.87. The van der Waals surface area contributed by atoms with Crippen LogP contribution in [0, 0.1) is 0 Å². The number of anilines is 1. The number of aromatic nitrogens is 1. The van der Waals surface area contributed by atoms with Crippen molar-refractivity contribution < 1.29 is 63.6 Å². The number of amides is 6. The highest BCUT2D eigenvalue weighted by molar-refractivity contribution is 8.02. The van der Waals surface area contributed by atoms with Gasteiger partial charge in [-0.25, -0.2) is 19.6 Å². The minimum Gasteiger partial charge on any atom is -0.504 e. The molecule has 1 aromatic heterocycles. The van der Waals surface area contributed by atoms with Crippen molar-refractivity contribution in [2.24, 2.45) is 16.1 Å². The second-order valence-electron chi connectivity index (χ2n) is 12.7. The maximum atomic E-state index is 13.4. The Morgan fingerprint density at radius 1 is 1.09 bits per heavy atom. The van der Waals surface area contributed by atoms with Crippen LogP contribution in [0.3, 0.4) is 0 Å². The SMILES string of the molecule is CC(C)(O/N=C(\C(=O)NC1C(=O)N2C[C@@](C(=O)O)(N3CCN(NC(=O)CCNC(=O)/C(=N\N)c4ccc(O)c(O)c4Cl)C(=O)C3=O)S[C@H]12)c1csc(N)n1)C(=O)O. The first-order chi connectivity index (χ1) is 26.7. The normalized spacial score (nSPS) is 21.1. The molecule has 27 heteroatoms. The summed E-state index contributed by atoms with van der Waals surface area (Å²) in [4.78, 5) is 111. The number of aromatic hydroxyl groups is 2. The van der Waals surface area contributed by atoms with Crippen LogP contribution < -0.4 is 27.6 Å². The van der Waals surface area contributed by atoms with Crippen molar-refractivity contribution in [2.45, 2.75) is 42.2 Å². The van der Waals surface area contributed by atoms with Crippen LogP contribution in [0.25, 0.3) is 0 Å². The van der Waals surface area contributed by atoms with Crippen LogP contribution in [0.4, 0.5) is 5.13 Å². The minimum absolute atomic E-state index is 0.0307. The summed E-state index contributed by atoms with van der Waals surface area (Å²) in [5.74, 6) is -5.14. The molecule has 3 saturated heterocycles. The van der Waals surface area contributed by atoms with Crippen LogP contribution in [0.1, 0.15) is 31.5 Å². The number of halogens is 1. The number of hydrogen-bond acceptors (Lipinski definition) is 18. The predicted molar refractivity (Wildman–Crippen MR) is 196 cm³/mol. The number of aliphatic carboxylic acids is 2. The quantitative estimate of drug-likeness (QED) is 0.0230. The smallest absolute Gasteiger partial charge is 0.350 e. The number of thiazole rings is 1. The summed E-state index contributed by atoms with van der Waals surface area (Å²) in [6, 6.07) is 0.856. The maximum Gasteiger partial charge on any atom is 0.350 e. The summed E-state index contributed by atoms with van der Waals surface area (Å²) in [6.07, 6.45) is -0.438. The summed E-state index contributed by atoms with van der Waals surface area (Å²) >= 11 is 7.51. The lowest BCUT2D eigenvalue weighted by Gasteiger charge is -2.41. The number of benzene rings is 1. The number of carboxylic acids is 2. The fourth-order valence-electron chi connectivity index (χ4n) is 5.47. The number of phenolic OH excluding ortho intramolecular Hbond substituents is 2. The molecule has 24 nitrogen and oxygen atoms in total. The van der Waals surface area contributed by atoms with Gasteiger partial charge in [-0.1, -0.05) is 28.5 Å². The first kappa shape index (κ1) is 41.7. The topological polar surface area (TPSA) is 362 Å². The molecule has 3 atom stereocenters. The third-order valence-corrected chi connectivity index (χ3v) is 11.3. The van der Waals surface area contributed by atoms with E-state index in [1.165, 1.54) is 25.3 Å². The molecular formula is C30H32ClN11O13S2. The number of phenols is 2. The third-order valence-electron chi connectivity index (χ3n) is 8.57. The number of fused-ring (bicyclic) bond motifs is 1. The van der Waals surface area contributed by atoms with Gasteiger partial charge in [-0.05, 0) is 26.0 Å². The molecule has 5 rings (SSSR count). The molecule has 4 heterocycles. The number of nitrogens with two attached hydrogens (primary N) is 2. The molecule has 0 spiro atoms. The van der Waals surface area contributed by atoms with Crippen molar-refractivity contribution in [2.75, 3.05) is 31.9 Å². The number of carboxylic acid groups (broad SMARTS) is 2. The van der Waals surface area contributed by atoms with Crippen molar-refractivity contribution in [3.63, 3.8) is 0 Å². The number of oxime groups is 1. The van der Waals surface area contributed by atoms with Gasteiger partial charge < -0.3 is 57.3 Å². The fourth-order valence-corrected chi connectivity index (χ4v) is 7.91. The second-order valence-corrected chi connectivity index (χ2v) is 15.3. The van der Waals surface area contributed by atoms with Crippen molar-refractivity contribution in [3.05, 3.63) is 33.8 Å². The standard InChI is InChI=1S/C30H32ClN11O13S2/c1-29(2,26(51)52)55-39-17(12-9-56-28(32)35-12)21(47)36-18-22(48)40-10-30(27(53)54,57-25(18)40)41-7-8-42(24(50)23(41)49)38-14(44)5-6-34-20(46)16(37-33)11-3-4-13(43)19(45)15(11)31/h3-4,9,18,25,43,45H,5-8,10,33H2,1-2H3,(H2,32,35)(H,34,46)(H,36,47)(H,38,44)(H,51,52)(H,53,54)/b37-16-,39-17-/t18?,25-,30-/m1/s1. The Kier molecular flexibility index (Phi) is 11.7. The first-order valence-corrected chi connectivity index (χ1v) is 18.3. The Hall–Kier alpha value is -6.41. The van der Waals surface area contributed by atoms with E-state index in [-0.39, 0.29) is 29.5 Å². The first-order valence-electron chi connectivity index (χ1n) is 16.2. The van der Waals surface area contributed by atoms with E-state index >= 15 is 0 Å². The van der Waals surface area contributed by atoms with Gasteiger partial charge in [-0.2, -0.15) is 5.10 Å². The van der Waals surface area contributed by atoms with Gasteiger partial charge in [0.2, 0.25) is 22.3 Å². The molecule has 0 aliphatic carbocycles. The van der Waals surface area contributed by atoms with Gasteiger partial charge in [-0.3, -0.25) is 34.2 Å². The maximum absolute atomic E-state index is 13.4. The van der Waals surface area contributed by atoms with Gasteiger partial charge in [0, 0.05) is 30.5 Å². The second kappa shape index (κ2) is 16.0. The lowest BCUT2D eigenvalue weighted by Crippen LogP contribution is -2.69. The van der Waals surface area contributed by atoms with E-state index in [2.05, 4.69) is 31.3 Å². The summed E-state index contributed by atoms with van der Waals surface area (Å²) in [5, 5.41) is 51.5. The Labute approximate surface area is 332 Å². The van der Waals surface area contributed by atoms with E-state index in [0.717, 1.165) is 27.2 Å². The number of piperazine rings is 1. The Balaban J connectivity index is 1.20. The zero-order chi connectivity index (χ0) is 42.1. The van der Waals surface area contributed by atoms with E-state index in [1.54, 1.807) is 0 Å². The number of hydrazone groups is 1. The summed E-state index contributed by atoms with van der Waals surface area (Å²) in [7, 11) is 0. The van der Waals surface area contributed by atoms with E-state index in [9.17, 15) is 58.8 Å². The highest BCUT2D eigenvalue weighted by atomic mass is 35.5. The van der Waals surface area contributed by atoms with Gasteiger partial charge in [0.15, 0.2) is 28.1 Å². The number of β-lactam (4-membered cyclic amide) rings is 1. The zero-order valence-electron chi connectivity index (χ0n) is 29.4. The lowest BCUT2D eigenvalue weighted by molar-refractivity contribution is -0.168. The molecule has 3 aliphatic rings. The van der Waals surface area contributed by atoms with Crippen LogP contribution in [0.2, 0.25) is 5.02 Å². The Morgan fingerprint density at radius 3 is 2.40 bits per heavy atom. The van der Waals surface area contributed by atoms with Crippen LogP contribution in [-0.2, 0) is 43.2 Å². The Bertz CT molecular complexity index is 2150. The molecule has 0 bridgehead atoms. The zero-order valence-corrected chi connectivity index (χ0v) is 31.8. The van der Waals surface area contributed by atoms with Crippen molar-refractivity contribution in [3.8, 4) is 11.5 Å². The number of nitrogen functional groups attached to an aromatic ring is 1. The molecule has 0 saturated carbocycles. The minimum atomic E-state index is -2.19. The van der Waals surface area contributed by atoms with Crippen molar-refractivity contribution >= 4 is 98.6 Å². The fraction of sp³-hybridized carbons (Fsp3) is 0.367. The number of hydrogen-bond donors (Lipinski definition) is 9. The van der Waals surface area contributed by atoms with Gasteiger partial charge in [0.1, 0.15) is 17.1 Å². The molecular weight excluding hydrogens is 822 g/mol. The molecule has 1 unspecified atom stereocenters. The van der Waals surface area contributed by atoms with Crippen LogP contribution in [0.15, 0.2) is 27.8 Å². The number of nitrogens with one attached hydrogen (secondary N) is 3. The van der Waals surface area contributed by atoms with Crippen LogP contribution >= 0.6 is 34.7 Å². The third kappa shape index (κ3) is 7.99. The number of carbonyl (C=O) groups is 8. The highest BCUT2D eigenvalue weighted by Crippen LogP contribution is 2.49. The van der Waals surface area contributed by atoms with Gasteiger partial charge in [-0.15, -0.1) is 11.3 Å². The number of carbonyl (C=O) groups excluding carboxylic acids is 6. The Morgan fingerprint density at radius 2 is 1.79 bits per heavy atom. The van der Waals surface area contributed by atoms with E-state index in [4.69, 9.17) is 28.0 Å². The van der Waals surface area contributed by atoms with E-state index in [0.29, 0.717) is 16.8 Å². The molecule has 3 fully saturated rings. The molecule has 0 radical (unpaired) electrons. The summed E-state index contributed by atoms with van der Waals surface area (Å²) in [5.41, 5.74) is 4.80. The van der Waals surface area contributed by atoms with Gasteiger partial charge in [0.05, 0.1) is 18.1 Å². The average molecular weight is 854 g/mol. The van der Waals surface area contributed by atoms with E-state index < -0.39 is 117 Å². The molecule has 11 N–H and O–H groups in total. The largest absolute Gasteiger partial charge is 0.504 e. The molecule has 57 heavy (non-hydrogen) atoms. The van der Waals surface area contributed by atoms with E-state index in [1.807, 2.05) is 0 Å².